The van der Waals surface area contributed by atoms with Gasteiger partial charge in [0.05, 0.1) is 16.3 Å². The summed E-state index contributed by atoms with van der Waals surface area (Å²) in [6.07, 6.45) is 0. The summed E-state index contributed by atoms with van der Waals surface area (Å²) in [4.78, 5) is 15.3. The van der Waals surface area contributed by atoms with E-state index in [-0.39, 0.29) is 5.69 Å². The number of para-hydroxylation sites is 1. The third-order valence-corrected chi connectivity index (χ3v) is 3.66. The summed E-state index contributed by atoms with van der Waals surface area (Å²) in [7, 11) is 0. The van der Waals surface area contributed by atoms with Crippen LogP contribution in [0.1, 0.15) is 0 Å². The van der Waals surface area contributed by atoms with Gasteiger partial charge in [-0.2, -0.15) is 4.37 Å². The van der Waals surface area contributed by atoms with Gasteiger partial charge in [0, 0.05) is 23.7 Å². The number of nitro groups is 1. The van der Waals surface area contributed by atoms with Gasteiger partial charge >= 0.3 is 0 Å². The Bertz CT molecular complexity index is 868. The SMILES string of the molecule is Nc1nsc(=Nc2ccc([N+](=O)[O-])cc2)n1-c1ccccc1. The molecule has 0 bridgehead atoms. The van der Waals surface area contributed by atoms with E-state index in [0.717, 1.165) is 17.2 Å². The largest absolute Gasteiger partial charge is 0.368 e. The first-order chi connectivity index (χ1) is 10.6. The second-order valence-corrected chi connectivity index (χ2v) is 5.11. The van der Waals surface area contributed by atoms with Gasteiger partial charge in [0.25, 0.3) is 5.69 Å². The zero-order valence-electron chi connectivity index (χ0n) is 11.3. The number of nitrogens with zero attached hydrogens (tertiary/aromatic N) is 4. The Labute approximate surface area is 129 Å². The number of benzene rings is 2. The van der Waals surface area contributed by atoms with Crippen molar-refractivity contribution < 1.29 is 4.92 Å². The van der Waals surface area contributed by atoms with Crippen molar-refractivity contribution in [2.45, 2.75) is 0 Å². The number of hydrogen-bond acceptors (Lipinski definition) is 6. The Balaban J connectivity index is 2.07. The van der Waals surface area contributed by atoms with Gasteiger partial charge in [-0.15, -0.1) is 0 Å². The van der Waals surface area contributed by atoms with Crippen molar-refractivity contribution in [1.29, 1.82) is 0 Å². The fraction of sp³-hybridized carbons (Fsp3) is 0. The van der Waals surface area contributed by atoms with Gasteiger partial charge in [-0.25, -0.2) is 4.99 Å². The molecule has 1 heterocycles. The number of hydrogen-bond donors (Lipinski definition) is 1. The lowest BCUT2D eigenvalue weighted by Gasteiger charge is -2.03. The average molecular weight is 313 g/mol. The number of rotatable bonds is 3. The van der Waals surface area contributed by atoms with Crippen LogP contribution >= 0.6 is 11.5 Å². The Morgan fingerprint density at radius 3 is 2.45 bits per heavy atom. The Kier molecular flexibility index (Phi) is 3.67. The number of nitro benzene ring substituents is 1. The third kappa shape index (κ3) is 2.72. The van der Waals surface area contributed by atoms with E-state index in [1.165, 1.54) is 12.1 Å². The lowest BCUT2D eigenvalue weighted by molar-refractivity contribution is -0.384. The molecule has 8 heteroatoms. The molecule has 110 valence electrons. The molecule has 3 rings (SSSR count). The lowest BCUT2D eigenvalue weighted by Crippen LogP contribution is -2.14. The van der Waals surface area contributed by atoms with Crippen LogP contribution in [0.15, 0.2) is 59.6 Å². The minimum atomic E-state index is -0.446. The molecule has 0 spiro atoms. The van der Waals surface area contributed by atoms with Crippen LogP contribution in [0.2, 0.25) is 0 Å². The maximum atomic E-state index is 10.7. The summed E-state index contributed by atoms with van der Waals surface area (Å²) >= 11 is 1.16. The zero-order valence-corrected chi connectivity index (χ0v) is 12.1. The highest BCUT2D eigenvalue weighted by Crippen LogP contribution is 2.18. The van der Waals surface area contributed by atoms with Crippen molar-refractivity contribution in [2.75, 3.05) is 5.73 Å². The molecular weight excluding hydrogens is 302 g/mol. The fourth-order valence-corrected chi connectivity index (χ4v) is 2.60. The molecule has 1 aromatic heterocycles. The summed E-state index contributed by atoms with van der Waals surface area (Å²) in [6.45, 7) is 0. The van der Waals surface area contributed by atoms with Crippen molar-refractivity contribution in [3.63, 3.8) is 0 Å². The quantitative estimate of drug-likeness (QED) is 0.593. The molecule has 0 saturated carbocycles. The molecule has 2 aromatic carbocycles. The van der Waals surface area contributed by atoms with E-state index >= 15 is 0 Å². The van der Waals surface area contributed by atoms with E-state index in [0.29, 0.717) is 16.4 Å². The van der Waals surface area contributed by atoms with Crippen LogP contribution in [-0.2, 0) is 0 Å². The first-order valence-corrected chi connectivity index (χ1v) is 7.11. The highest BCUT2D eigenvalue weighted by molar-refractivity contribution is 7.03. The maximum absolute atomic E-state index is 10.7. The van der Waals surface area contributed by atoms with Crippen molar-refractivity contribution in [1.82, 2.24) is 8.94 Å². The number of non-ortho nitro benzene ring substituents is 1. The van der Waals surface area contributed by atoms with E-state index in [4.69, 9.17) is 5.73 Å². The van der Waals surface area contributed by atoms with Crippen molar-refractivity contribution >= 4 is 28.9 Å². The predicted octanol–water partition coefficient (Wildman–Crippen LogP) is 2.66. The summed E-state index contributed by atoms with van der Waals surface area (Å²) < 4.78 is 5.84. The topological polar surface area (TPSA) is 99.3 Å². The van der Waals surface area contributed by atoms with Crippen LogP contribution in [-0.4, -0.2) is 13.9 Å². The van der Waals surface area contributed by atoms with Crippen LogP contribution in [0.4, 0.5) is 17.3 Å². The van der Waals surface area contributed by atoms with Crippen molar-refractivity contribution in [2.24, 2.45) is 4.99 Å². The smallest absolute Gasteiger partial charge is 0.269 e. The lowest BCUT2D eigenvalue weighted by atomic mass is 10.3. The summed E-state index contributed by atoms with van der Waals surface area (Å²) in [5.41, 5.74) is 7.38. The van der Waals surface area contributed by atoms with E-state index < -0.39 is 4.92 Å². The first kappa shape index (κ1) is 14.0. The summed E-state index contributed by atoms with van der Waals surface area (Å²) in [6, 6.07) is 15.5. The monoisotopic (exact) mass is 313 g/mol. The zero-order chi connectivity index (χ0) is 15.5. The predicted molar refractivity (Wildman–Crippen MR) is 84.2 cm³/mol. The van der Waals surface area contributed by atoms with E-state index in [2.05, 4.69) is 9.37 Å². The minimum Gasteiger partial charge on any atom is -0.368 e. The molecule has 2 N–H and O–H groups in total. The number of aromatic nitrogens is 2. The first-order valence-electron chi connectivity index (χ1n) is 6.34. The molecule has 0 aliphatic heterocycles. The van der Waals surface area contributed by atoms with Gasteiger partial charge in [-0.3, -0.25) is 14.7 Å². The second kappa shape index (κ2) is 5.78. The molecule has 0 saturated heterocycles. The molecule has 0 radical (unpaired) electrons. The molecule has 0 atom stereocenters. The van der Waals surface area contributed by atoms with Gasteiger partial charge in [-0.05, 0) is 24.3 Å². The van der Waals surface area contributed by atoms with Gasteiger partial charge in [-0.1, -0.05) is 18.2 Å². The van der Waals surface area contributed by atoms with Crippen molar-refractivity contribution in [3.05, 3.63) is 69.5 Å². The van der Waals surface area contributed by atoms with Gasteiger partial charge < -0.3 is 5.73 Å². The standard InChI is InChI=1S/C14H11N5O2S/c15-13-17-22-14(18(13)11-4-2-1-3-5-11)16-10-6-8-12(9-7-10)19(20)21/h1-9H,(H2,15,17). The molecule has 0 fully saturated rings. The number of nitrogen functional groups attached to an aromatic ring is 1. The molecule has 0 amide bonds. The highest BCUT2D eigenvalue weighted by atomic mass is 32.1. The Hall–Kier alpha value is -3.00. The molecule has 22 heavy (non-hydrogen) atoms. The van der Waals surface area contributed by atoms with E-state index in [1.807, 2.05) is 30.3 Å². The summed E-state index contributed by atoms with van der Waals surface area (Å²) in [5, 5.41) is 10.7. The molecule has 0 unspecified atom stereocenters. The van der Waals surface area contributed by atoms with Crippen LogP contribution in [0.5, 0.6) is 0 Å². The fourth-order valence-electron chi connectivity index (χ4n) is 1.92. The van der Waals surface area contributed by atoms with E-state index in [1.54, 1.807) is 16.7 Å². The highest BCUT2D eigenvalue weighted by Gasteiger charge is 2.07. The minimum absolute atomic E-state index is 0.0266. The Morgan fingerprint density at radius 2 is 1.82 bits per heavy atom. The van der Waals surface area contributed by atoms with Crippen LogP contribution < -0.4 is 10.5 Å². The average Bonchev–Trinajstić information content (AvgIpc) is 2.89. The number of nitrogens with two attached hydrogens (primary N) is 1. The van der Waals surface area contributed by atoms with Crippen LogP contribution in [0.25, 0.3) is 5.69 Å². The Morgan fingerprint density at radius 1 is 1.14 bits per heavy atom. The molecule has 0 aliphatic carbocycles. The van der Waals surface area contributed by atoms with Crippen LogP contribution in [0.3, 0.4) is 0 Å². The normalized spacial score (nSPS) is 11.5. The molecule has 3 aromatic rings. The maximum Gasteiger partial charge on any atom is 0.269 e. The number of anilines is 1. The van der Waals surface area contributed by atoms with Gasteiger partial charge in [0.15, 0.2) is 0 Å². The van der Waals surface area contributed by atoms with Gasteiger partial charge in [0.2, 0.25) is 10.7 Å². The molecular formula is C14H11N5O2S. The van der Waals surface area contributed by atoms with Crippen molar-refractivity contribution in [3.8, 4) is 5.69 Å². The van der Waals surface area contributed by atoms with Crippen LogP contribution in [0, 0.1) is 10.1 Å². The summed E-state index contributed by atoms with van der Waals surface area (Å²) in [5.74, 6) is 0.344. The van der Waals surface area contributed by atoms with Gasteiger partial charge in [0.1, 0.15) is 0 Å². The molecule has 7 nitrogen and oxygen atoms in total. The third-order valence-electron chi connectivity index (χ3n) is 2.94. The van der Waals surface area contributed by atoms with E-state index in [9.17, 15) is 10.1 Å². The second-order valence-electron chi connectivity index (χ2n) is 4.38. The molecule has 0 aliphatic rings.